The average Bonchev–Trinajstić information content (AvgIpc) is 3.36. The highest BCUT2D eigenvalue weighted by atomic mass is 35.5. The molecule has 3 nitrogen and oxygen atoms in total. The summed E-state index contributed by atoms with van der Waals surface area (Å²) in [5.74, 6) is 0. The Hall–Kier alpha value is -3.30. The minimum Gasteiger partial charge on any atom is -0.371 e. The van der Waals surface area contributed by atoms with E-state index in [1.807, 2.05) is 29.4 Å². The molecule has 0 spiro atoms. The number of halogens is 1. The minimum atomic E-state index is 0.721. The molecular formula is C27H24ClN3. The maximum Gasteiger partial charge on any atom is 0.0730 e. The van der Waals surface area contributed by atoms with E-state index in [1.165, 1.54) is 23.9 Å². The van der Waals surface area contributed by atoms with Crippen LogP contribution in [-0.4, -0.2) is 19.3 Å². The van der Waals surface area contributed by atoms with Crippen LogP contribution in [-0.2, 0) is 0 Å². The normalized spacial score (nSPS) is 13.9. The summed E-state index contributed by atoms with van der Waals surface area (Å²) >= 11 is 6.64. The van der Waals surface area contributed by atoms with E-state index >= 15 is 0 Å². The van der Waals surface area contributed by atoms with E-state index < -0.39 is 0 Å². The Morgan fingerprint density at radius 1 is 0.806 bits per heavy atom. The standard InChI is InChI=1S/C27H24ClN3/c28-26-19-24(30-17-6-7-18-30)16-15-22(26)20-29-31(23-11-2-1-3-12-23)27-14-8-10-21-9-4-5-13-25(21)27/h1-5,8-16,19-20H,6-7,17-18H2/b29-20-. The molecule has 4 aromatic rings. The number of hydrogen-bond donors (Lipinski definition) is 0. The molecule has 1 fully saturated rings. The van der Waals surface area contributed by atoms with Crippen LogP contribution in [0.1, 0.15) is 18.4 Å². The summed E-state index contributed by atoms with van der Waals surface area (Å²) < 4.78 is 0. The average molecular weight is 426 g/mol. The summed E-state index contributed by atoms with van der Waals surface area (Å²) in [6, 6.07) is 31.1. The molecule has 4 heteroatoms. The smallest absolute Gasteiger partial charge is 0.0730 e. The first-order chi connectivity index (χ1) is 15.3. The van der Waals surface area contributed by atoms with Crippen LogP contribution < -0.4 is 9.91 Å². The number of hydrazone groups is 1. The van der Waals surface area contributed by atoms with Gasteiger partial charge in [0.1, 0.15) is 0 Å². The lowest BCUT2D eigenvalue weighted by Gasteiger charge is -2.21. The van der Waals surface area contributed by atoms with E-state index in [4.69, 9.17) is 16.7 Å². The highest BCUT2D eigenvalue weighted by molar-refractivity contribution is 6.33. The van der Waals surface area contributed by atoms with Gasteiger partial charge >= 0.3 is 0 Å². The lowest BCUT2D eigenvalue weighted by molar-refractivity contribution is 0.949. The number of fused-ring (bicyclic) bond motifs is 1. The molecule has 1 aliphatic rings. The molecule has 0 aliphatic carbocycles. The van der Waals surface area contributed by atoms with Gasteiger partial charge in [-0.1, -0.05) is 66.2 Å². The van der Waals surface area contributed by atoms with Crippen LogP contribution in [0.2, 0.25) is 5.02 Å². The molecule has 31 heavy (non-hydrogen) atoms. The molecule has 0 N–H and O–H groups in total. The van der Waals surface area contributed by atoms with Crippen molar-refractivity contribution in [3.8, 4) is 0 Å². The van der Waals surface area contributed by atoms with Gasteiger partial charge in [0.05, 0.1) is 22.6 Å². The van der Waals surface area contributed by atoms with Crippen molar-refractivity contribution in [1.29, 1.82) is 0 Å². The van der Waals surface area contributed by atoms with E-state index in [-0.39, 0.29) is 0 Å². The van der Waals surface area contributed by atoms with Gasteiger partial charge in [-0.15, -0.1) is 0 Å². The molecular weight excluding hydrogens is 402 g/mol. The summed E-state index contributed by atoms with van der Waals surface area (Å²) in [7, 11) is 0. The van der Waals surface area contributed by atoms with E-state index in [0.717, 1.165) is 40.4 Å². The van der Waals surface area contributed by atoms with E-state index in [1.54, 1.807) is 0 Å². The van der Waals surface area contributed by atoms with Crippen LogP contribution in [0.5, 0.6) is 0 Å². The topological polar surface area (TPSA) is 18.8 Å². The molecule has 154 valence electrons. The van der Waals surface area contributed by atoms with Crippen molar-refractivity contribution in [2.45, 2.75) is 12.8 Å². The van der Waals surface area contributed by atoms with Crippen LogP contribution in [0, 0.1) is 0 Å². The molecule has 1 heterocycles. The van der Waals surface area contributed by atoms with Gasteiger partial charge in [0.2, 0.25) is 0 Å². The van der Waals surface area contributed by atoms with Gasteiger partial charge in [-0.05, 0) is 54.6 Å². The van der Waals surface area contributed by atoms with Gasteiger partial charge in [0, 0.05) is 29.7 Å². The molecule has 1 saturated heterocycles. The Balaban J connectivity index is 1.53. The predicted molar refractivity (Wildman–Crippen MR) is 133 cm³/mol. The SMILES string of the molecule is Clc1cc(N2CCCC2)ccc1/C=N\N(c1ccccc1)c1cccc2ccccc12. The van der Waals surface area contributed by atoms with Crippen LogP contribution in [0.3, 0.4) is 0 Å². The monoisotopic (exact) mass is 425 g/mol. The first-order valence-corrected chi connectivity index (χ1v) is 11.1. The van der Waals surface area contributed by atoms with Gasteiger partial charge in [-0.25, -0.2) is 5.01 Å². The second-order valence-corrected chi connectivity index (χ2v) is 8.20. The Morgan fingerprint density at radius 2 is 1.55 bits per heavy atom. The van der Waals surface area contributed by atoms with Crippen LogP contribution in [0.25, 0.3) is 10.8 Å². The fraction of sp³-hybridized carbons (Fsp3) is 0.148. The molecule has 0 unspecified atom stereocenters. The maximum atomic E-state index is 6.64. The zero-order valence-corrected chi connectivity index (χ0v) is 18.0. The fourth-order valence-electron chi connectivity index (χ4n) is 4.14. The van der Waals surface area contributed by atoms with Gasteiger partial charge in [-0.2, -0.15) is 5.10 Å². The zero-order valence-electron chi connectivity index (χ0n) is 17.3. The third-order valence-corrected chi connectivity index (χ3v) is 6.09. The van der Waals surface area contributed by atoms with Crippen molar-refractivity contribution in [3.05, 3.63) is 102 Å². The molecule has 0 aromatic heterocycles. The van der Waals surface area contributed by atoms with Gasteiger partial charge in [-0.3, -0.25) is 0 Å². The van der Waals surface area contributed by atoms with Crippen LogP contribution in [0.15, 0.2) is 96.1 Å². The van der Waals surface area contributed by atoms with Crippen molar-refractivity contribution in [1.82, 2.24) is 0 Å². The van der Waals surface area contributed by atoms with Crippen molar-refractivity contribution >= 4 is 45.7 Å². The third-order valence-electron chi connectivity index (χ3n) is 5.76. The Bertz CT molecular complexity index is 1210. The van der Waals surface area contributed by atoms with E-state index in [2.05, 4.69) is 77.7 Å². The molecule has 0 amide bonds. The van der Waals surface area contributed by atoms with E-state index in [0.29, 0.717) is 0 Å². The van der Waals surface area contributed by atoms with Crippen LogP contribution in [0.4, 0.5) is 17.1 Å². The van der Waals surface area contributed by atoms with Gasteiger partial charge in [0.15, 0.2) is 0 Å². The first-order valence-electron chi connectivity index (χ1n) is 10.7. The first kappa shape index (κ1) is 19.7. The third kappa shape index (κ3) is 4.14. The summed E-state index contributed by atoms with van der Waals surface area (Å²) in [4.78, 5) is 2.39. The number of rotatable bonds is 5. The second-order valence-electron chi connectivity index (χ2n) is 7.79. The summed E-state index contributed by atoms with van der Waals surface area (Å²) in [6.07, 6.45) is 4.35. The van der Waals surface area contributed by atoms with Crippen molar-refractivity contribution < 1.29 is 0 Å². The number of anilines is 3. The molecule has 0 radical (unpaired) electrons. The molecule has 1 aliphatic heterocycles. The Morgan fingerprint density at radius 3 is 2.35 bits per heavy atom. The minimum absolute atomic E-state index is 0.721. The number of nitrogens with zero attached hydrogens (tertiary/aromatic N) is 3. The number of benzene rings is 4. The summed E-state index contributed by atoms with van der Waals surface area (Å²) in [5, 5.41) is 9.92. The lowest BCUT2D eigenvalue weighted by atomic mass is 10.1. The predicted octanol–water partition coefficient (Wildman–Crippen LogP) is 7.27. The zero-order chi connectivity index (χ0) is 21.0. The highest BCUT2D eigenvalue weighted by Crippen LogP contribution is 2.33. The molecule has 0 bridgehead atoms. The highest BCUT2D eigenvalue weighted by Gasteiger charge is 2.14. The van der Waals surface area contributed by atoms with Crippen LogP contribution >= 0.6 is 11.6 Å². The number of para-hydroxylation sites is 1. The lowest BCUT2D eigenvalue weighted by Crippen LogP contribution is -2.17. The summed E-state index contributed by atoms with van der Waals surface area (Å²) in [6.45, 7) is 2.21. The van der Waals surface area contributed by atoms with Crippen molar-refractivity contribution in [2.75, 3.05) is 23.0 Å². The van der Waals surface area contributed by atoms with Crippen molar-refractivity contribution in [2.24, 2.45) is 5.10 Å². The Kier molecular flexibility index (Phi) is 5.59. The Labute approximate surface area is 188 Å². The number of hydrogen-bond acceptors (Lipinski definition) is 3. The molecule has 5 rings (SSSR count). The maximum absolute atomic E-state index is 6.64. The largest absolute Gasteiger partial charge is 0.371 e. The van der Waals surface area contributed by atoms with E-state index in [9.17, 15) is 0 Å². The molecule has 0 saturated carbocycles. The second kappa shape index (κ2) is 8.83. The van der Waals surface area contributed by atoms with Crippen molar-refractivity contribution in [3.63, 3.8) is 0 Å². The van der Waals surface area contributed by atoms with Gasteiger partial charge in [0.25, 0.3) is 0 Å². The summed E-state index contributed by atoms with van der Waals surface area (Å²) in [5.41, 5.74) is 4.13. The molecule has 4 aromatic carbocycles. The van der Waals surface area contributed by atoms with Gasteiger partial charge < -0.3 is 4.90 Å². The fourth-order valence-corrected chi connectivity index (χ4v) is 4.37. The molecule has 0 atom stereocenters. The quantitative estimate of drug-likeness (QED) is 0.247.